The molecule has 25 heavy (non-hydrogen) atoms. The molecule has 1 aromatic rings. The molecule has 0 N–H and O–H groups in total. The number of likely N-dealkylation sites (tertiary alicyclic amines) is 1. The van der Waals surface area contributed by atoms with Gasteiger partial charge in [-0.1, -0.05) is 19.1 Å². The van der Waals surface area contributed by atoms with Crippen molar-refractivity contribution >= 4 is 11.8 Å². The second-order valence-corrected chi connectivity index (χ2v) is 6.79. The molecule has 0 spiro atoms. The Balaban J connectivity index is 1.57. The molecule has 2 heterocycles. The lowest BCUT2D eigenvalue weighted by atomic mass is 10.1. The van der Waals surface area contributed by atoms with E-state index in [2.05, 4.69) is 11.8 Å². The zero-order chi connectivity index (χ0) is 17.8. The molecule has 1 atom stereocenters. The summed E-state index contributed by atoms with van der Waals surface area (Å²) in [6, 6.07) is 7.73. The number of carbonyl (C=O) groups is 2. The number of ether oxygens (including phenoxy) is 1. The van der Waals surface area contributed by atoms with E-state index in [0.29, 0.717) is 19.5 Å². The zero-order valence-corrected chi connectivity index (χ0v) is 15.1. The smallest absolute Gasteiger partial charge is 0.228 e. The third kappa shape index (κ3) is 4.12. The molecule has 0 aromatic heterocycles. The summed E-state index contributed by atoms with van der Waals surface area (Å²) < 4.78 is 5.23. The summed E-state index contributed by atoms with van der Waals surface area (Å²) in [6.07, 6.45) is 0.330. The minimum atomic E-state index is -0.203. The van der Waals surface area contributed by atoms with Gasteiger partial charge in [0.25, 0.3) is 0 Å². The molecule has 6 nitrogen and oxygen atoms in total. The van der Waals surface area contributed by atoms with Crippen LogP contribution >= 0.6 is 0 Å². The van der Waals surface area contributed by atoms with Gasteiger partial charge < -0.3 is 19.4 Å². The summed E-state index contributed by atoms with van der Waals surface area (Å²) in [5.74, 6) is 0.780. The van der Waals surface area contributed by atoms with E-state index in [-0.39, 0.29) is 17.7 Å². The first-order chi connectivity index (χ1) is 12.1. The fourth-order valence-corrected chi connectivity index (χ4v) is 3.62. The molecular formula is C19H27N3O3. The first-order valence-corrected chi connectivity index (χ1v) is 9.02. The molecular weight excluding hydrogens is 318 g/mol. The molecule has 3 rings (SSSR count). The van der Waals surface area contributed by atoms with Crippen LogP contribution in [0.3, 0.4) is 0 Å². The van der Waals surface area contributed by atoms with Gasteiger partial charge in [-0.15, -0.1) is 0 Å². The topological polar surface area (TPSA) is 53.1 Å². The van der Waals surface area contributed by atoms with Gasteiger partial charge in [0.2, 0.25) is 11.8 Å². The van der Waals surface area contributed by atoms with E-state index in [0.717, 1.165) is 44.0 Å². The van der Waals surface area contributed by atoms with Crippen LogP contribution in [0.15, 0.2) is 24.3 Å². The number of methoxy groups -OCH3 is 1. The molecule has 2 aliphatic heterocycles. The van der Waals surface area contributed by atoms with Crippen LogP contribution in [0.2, 0.25) is 0 Å². The Labute approximate surface area is 149 Å². The van der Waals surface area contributed by atoms with Gasteiger partial charge in [-0.25, -0.2) is 0 Å². The number of piperazine rings is 1. The van der Waals surface area contributed by atoms with Crippen molar-refractivity contribution in [3.63, 3.8) is 0 Å². The first-order valence-electron chi connectivity index (χ1n) is 9.02. The maximum Gasteiger partial charge on any atom is 0.228 e. The van der Waals surface area contributed by atoms with Gasteiger partial charge in [0.15, 0.2) is 0 Å². The van der Waals surface area contributed by atoms with Crippen LogP contribution in [0, 0.1) is 5.92 Å². The van der Waals surface area contributed by atoms with Gasteiger partial charge in [0.1, 0.15) is 5.75 Å². The Kier molecular flexibility index (Phi) is 5.58. The average molecular weight is 345 g/mol. The SMILES string of the molecule is CCN1CCN(C(=O)C2CC(=O)N(Cc3cccc(OC)c3)C2)CC1. The molecule has 0 radical (unpaired) electrons. The van der Waals surface area contributed by atoms with Gasteiger partial charge in [0, 0.05) is 45.7 Å². The van der Waals surface area contributed by atoms with E-state index < -0.39 is 0 Å². The average Bonchev–Trinajstić information content (AvgIpc) is 3.02. The van der Waals surface area contributed by atoms with E-state index in [1.54, 1.807) is 12.0 Å². The number of benzene rings is 1. The van der Waals surface area contributed by atoms with Gasteiger partial charge >= 0.3 is 0 Å². The lowest BCUT2D eigenvalue weighted by molar-refractivity contribution is -0.137. The predicted octanol–water partition coefficient (Wildman–Crippen LogP) is 1.21. The molecule has 2 aliphatic rings. The highest BCUT2D eigenvalue weighted by Gasteiger charge is 2.37. The van der Waals surface area contributed by atoms with Crippen LogP contribution in [-0.2, 0) is 16.1 Å². The quantitative estimate of drug-likeness (QED) is 0.805. The number of carbonyl (C=O) groups excluding carboxylic acids is 2. The fraction of sp³-hybridized carbons (Fsp3) is 0.579. The number of amides is 2. The summed E-state index contributed by atoms with van der Waals surface area (Å²) in [6.45, 7) is 7.61. The molecule has 0 saturated carbocycles. The Morgan fingerprint density at radius 3 is 2.68 bits per heavy atom. The number of rotatable bonds is 5. The van der Waals surface area contributed by atoms with Crippen LogP contribution in [0.4, 0.5) is 0 Å². The molecule has 0 bridgehead atoms. The molecule has 136 valence electrons. The van der Waals surface area contributed by atoms with E-state index in [1.807, 2.05) is 29.2 Å². The number of hydrogen-bond acceptors (Lipinski definition) is 4. The van der Waals surface area contributed by atoms with Crippen LogP contribution in [0.25, 0.3) is 0 Å². The third-order valence-corrected chi connectivity index (χ3v) is 5.20. The maximum atomic E-state index is 12.7. The summed E-state index contributed by atoms with van der Waals surface area (Å²) in [4.78, 5) is 31.2. The summed E-state index contributed by atoms with van der Waals surface area (Å²) in [5, 5.41) is 0. The standard InChI is InChI=1S/C19H27N3O3/c1-3-20-7-9-21(10-8-20)19(24)16-12-18(23)22(14-16)13-15-5-4-6-17(11-15)25-2/h4-6,11,16H,3,7-10,12-14H2,1-2H3. The summed E-state index contributed by atoms with van der Waals surface area (Å²) in [5.41, 5.74) is 1.03. The van der Waals surface area contributed by atoms with Crippen molar-refractivity contribution < 1.29 is 14.3 Å². The monoisotopic (exact) mass is 345 g/mol. The number of likely N-dealkylation sites (N-methyl/N-ethyl adjacent to an activating group) is 1. The van der Waals surface area contributed by atoms with Crippen molar-refractivity contribution in [3.05, 3.63) is 29.8 Å². The van der Waals surface area contributed by atoms with E-state index in [4.69, 9.17) is 4.74 Å². The van der Waals surface area contributed by atoms with Crippen molar-refractivity contribution in [2.24, 2.45) is 5.92 Å². The molecule has 6 heteroatoms. The zero-order valence-electron chi connectivity index (χ0n) is 15.1. The van der Waals surface area contributed by atoms with Gasteiger partial charge in [0.05, 0.1) is 13.0 Å². The summed E-state index contributed by atoms with van der Waals surface area (Å²) >= 11 is 0. The molecule has 0 aliphatic carbocycles. The molecule has 2 saturated heterocycles. The van der Waals surface area contributed by atoms with Crippen molar-refractivity contribution in [3.8, 4) is 5.75 Å². The van der Waals surface area contributed by atoms with Gasteiger partial charge in [-0.05, 0) is 24.2 Å². The van der Waals surface area contributed by atoms with Gasteiger partial charge in [-0.2, -0.15) is 0 Å². The van der Waals surface area contributed by atoms with Crippen molar-refractivity contribution in [2.45, 2.75) is 19.9 Å². The highest BCUT2D eigenvalue weighted by molar-refractivity contribution is 5.89. The second-order valence-electron chi connectivity index (χ2n) is 6.79. The second kappa shape index (κ2) is 7.87. The highest BCUT2D eigenvalue weighted by Crippen LogP contribution is 2.24. The fourth-order valence-electron chi connectivity index (χ4n) is 3.62. The van der Waals surface area contributed by atoms with Crippen LogP contribution in [-0.4, -0.2) is 72.9 Å². The lowest BCUT2D eigenvalue weighted by Crippen LogP contribution is -2.50. The first kappa shape index (κ1) is 17.7. The van der Waals surface area contributed by atoms with Crippen LogP contribution < -0.4 is 4.74 Å². The Bertz CT molecular complexity index is 626. The largest absolute Gasteiger partial charge is 0.497 e. The minimum Gasteiger partial charge on any atom is -0.497 e. The predicted molar refractivity (Wildman–Crippen MR) is 95.2 cm³/mol. The van der Waals surface area contributed by atoms with Crippen molar-refractivity contribution in [2.75, 3.05) is 46.4 Å². The van der Waals surface area contributed by atoms with Crippen molar-refractivity contribution in [1.82, 2.24) is 14.7 Å². The number of nitrogens with zero attached hydrogens (tertiary/aromatic N) is 3. The van der Waals surface area contributed by atoms with Crippen LogP contribution in [0.1, 0.15) is 18.9 Å². The molecule has 1 unspecified atom stereocenters. The molecule has 2 amide bonds. The number of hydrogen-bond donors (Lipinski definition) is 0. The van der Waals surface area contributed by atoms with Crippen molar-refractivity contribution in [1.29, 1.82) is 0 Å². The summed E-state index contributed by atoms with van der Waals surface area (Å²) in [7, 11) is 1.63. The van der Waals surface area contributed by atoms with Gasteiger partial charge in [-0.3, -0.25) is 9.59 Å². The lowest BCUT2D eigenvalue weighted by Gasteiger charge is -2.35. The molecule has 2 fully saturated rings. The highest BCUT2D eigenvalue weighted by atomic mass is 16.5. The van der Waals surface area contributed by atoms with E-state index in [9.17, 15) is 9.59 Å². The maximum absolute atomic E-state index is 12.7. The Morgan fingerprint density at radius 1 is 1.24 bits per heavy atom. The molecule has 1 aromatic carbocycles. The minimum absolute atomic E-state index is 0.0633. The Morgan fingerprint density at radius 2 is 2.00 bits per heavy atom. The van der Waals surface area contributed by atoms with E-state index in [1.165, 1.54) is 0 Å². The Hall–Kier alpha value is -2.08. The normalized spacial score (nSPS) is 21.7. The van der Waals surface area contributed by atoms with E-state index >= 15 is 0 Å². The third-order valence-electron chi connectivity index (χ3n) is 5.20. The van der Waals surface area contributed by atoms with Crippen LogP contribution in [0.5, 0.6) is 5.75 Å².